The van der Waals surface area contributed by atoms with Crippen LogP contribution in [0.1, 0.15) is 5.69 Å². The van der Waals surface area contributed by atoms with Crippen LogP contribution in [-0.2, 0) is 13.6 Å². The minimum absolute atomic E-state index is 0.349. The molecule has 8 heteroatoms. The van der Waals surface area contributed by atoms with Crippen molar-refractivity contribution in [3.05, 3.63) is 58.9 Å². The number of nitrogens with one attached hydrogen (secondary N) is 2. The zero-order valence-electron chi connectivity index (χ0n) is 12.7. The first-order valence-corrected chi connectivity index (χ1v) is 7.39. The molecule has 0 spiro atoms. The zero-order valence-corrected chi connectivity index (χ0v) is 13.5. The number of allylic oxidation sites excluding steroid dienone is 1. The summed E-state index contributed by atoms with van der Waals surface area (Å²) in [6.45, 7) is 0.477. The summed E-state index contributed by atoms with van der Waals surface area (Å²) in [6.07, 6.45) is 5.66. The van der Waals surface area contributed by atoms with E-state index in [0.717, 1.165) is 11.4 Å². The minimum atomic E-state index is -0.418. The number of halogens is 2. The fourth-order valence-corrected chi connectivity index (χ4v) is 2.43. The molecule has 3 rings (SSSR count). The van der Waals surface area contributed by atoms with Crippen molar-refractivity contribution >= 4 is 11.6 Å². The van der Waals surface area contributed by atoms with Crippen molar-refractivity contribution in [1.82, 2.24) is 30.7 Å². The predicted octanol–water partition coefficient (Wildman–Crippen LogP) is 2.17. The Bertz CT molecular complexity index is 782. The fourth-order valence-electron chi connectivity index (χ4n) is 2.27. The van der Waals surface area contributed by atoms with E-state index < -0.39 is 5.82 Å². The summed E-state index contributed by atoms with van der Waals surface area (Å²) in [4.78, 5) is 0. The summed E-state index contributed by atoms with van der Waals surface area (Å²) in [5.74, 6) is -0.418. The van der Waals surface area contributed by atoms with E-state index in [2.05, 4.69) is 21.1 Å². The summed E-state index contributed by atoms with van der Waals surface area (Å²) in [7, 11) is 3.63. The maximum absolute atomic E-state index is 14.2. The molecule has 1 aliphatic rings. The third-order valence-electron chi connectivity index (χ3n) is 3.56. The molecule has 0 aliphatic carbocycles. The normalized spacial score (nSPS) is 13.7. The SMILES string of the molecule is CNC1=CNN(Cc2c(-c3ccc(Cl)cc3F)nnn2C)C=C1. The Balaban J connectivity index is 1.88. The molecule has 1 aromatic heterocycles. The van der Waals surface area contributed by atoms with E-state index in [1.165, 1.54) is 6.07 Å². The van der Waals surface area contributed by atoms with Gasteiger partial charge in [0, 0.05) is 37.1 Å². The molecule has 0 fully saturated rings. The molecule has 0 radical (unpaired) electrons. The average Bonchev–Trinajstić information content (AvgIpc) is 2.89. The van der Waals surface area contributed by atoms with Crippen LogP contribution >= 0.6 is 11.6 Å². The van der Waals surface area contributed by atoms with Crippen LogP contribution in [0, 0.1) is 5.82 Å². The molecule has 6 nitrogen and oxygen atoms in total. The van der Waals surface area contributed by atoms with Gasteiger partial charge in [-0.3, -0.25) is 5.01 Å². The Labute approximate surface area is 138 Å². The van der Waals surface area contributed by atoms with Gasteiger partial charge in [0.05, 0.1) is 17.9 Å². The van der Waals surface area contributed by atoms with Crippen molar-refractivity contribution in [3.8, 4) is 11.3 Å². The van der Waals surface area contributed by atoms with Gasteiger partial charge in [-0.05, 0) is 24.3 Å². The molecule has 1 aromatic carbocycles. The Kier molecular flexibility index (Phi) is 4.20. The van der Waals surface area contributed by atoms with Gasteiger partial charge in [-0.1, -0.05) is 16.8 Å². The highest BCUT2D eigenvalue weighted by molar-refractivity contribution is 6.30. The van der Waals surface area contributed by atoms with Gasteiger partial charge in [0.1, 0.15) is 11.5 Å². The molecular weight excluding hydrogens is 319 g/mol. The quantitative estimate of drug-likeness (QED) is 0.897. The van der Waals surface area contributed by atoms with Crippen LogP contribution in [0.4, 0.5) is 4.39 Å². The maximum atomic E-state index is 14.2. The van der Waals surface area contributed by atoms with Gasteiger partial charge in [-0.25, -0.2) is 9.07 Å². The van der Waals surface area contributed by atoms with E-state index in [1.54, 1.807) is 23.9 Å². The van der Waals surface area contributed by atoms with E-state index in [0.29, 0.717) is 22.8 Å². The molecule has 2 heterocycles. The summed E-state index contributed by atoms with van der Waals surface area (Å²) >= 11 is 5.81. The van der Waals surface area contributed by atoms with E-state index in [-0.39, 0.29) is 0 Å². The van der Waals surface area contributed by atoms with Crippen LogP contribution < -0.4 is 10.7 Å². The molecular formula is C15H16ClFN6. The number of aromatic nitrogens is 3. The Morgan fingerprint density at radius 3 is 2.87 bits per heavy atom. The number of aryl methyl sites for hydroxylation is 1. The topological polar surface area (TPSA) is 58.0 Å². The van der Waals surface area contributed by atoms with Crippen LogP contribution in [0.5, 0.6) is 0 Å². The van der Waals surface area contributed by atoms with Gasteiger partial charge in [0.25, 0.3) is 0 Å². The number of likely N-dealkylation sites (N-methyl/N-ethyl adjacent to an activating group) is 1. The molecule has 0 bridgehead atoms. The van der Waals surface area contributed by atoms with Gasteiger partial charge in [-0.2, -0.15) is 0 Å². The zero-order chi connectivity index (χ0) is 16.4. The molecule has 0 unspecified atom stereocenters. The van der Waals surface area contributed by atoms with Crippen molar-refractivity contribution in [2.45, 2.75) is 6.54 Å². The van der Waals surface area contributed by atoms with E-state index in [9.17, 15) is 4.39 Å². The number of hydrogen-bond donors (Lipinski definition) is 2. The summed E-state index contributed by atoms with van der Waals surface area (Å²) in [6, 6.07) is 4.53. The van der Waals surface area contributed by atoms with Crippen molar-refractivity contribution in [1.29, 1.82) is 0 Å². The van der Waals surface area contributed by atoms with Gasteiger partial charge < -0.3 is 10.7 Å². The van der Waals surface area contributed by atoms with Crippen LogP contribution in [0.25, 0.3) is 11.3 Å². The summed E-state index contributed by atoms with van der Waals surface area (Å²) < 4.78 is 15.8. The molecule has 120 valence electrons. The second kappa shape index (κ2) is 6.29. The number of nitrogens with zero attached hydrogens (tertiary/aromatic N) is 4. The highest BCUT2D eigenvalue weighted by atomic mass is 35.5. The standard InChI is InChI=1S/C15H16ClFN6/c1-18-11-5-6-23(19-8-11)9-14-15(20-21-22(14)2)12-4-3-10(16)7-13(12)17/h3-8,18-19H,9H2,1-2H3. The van der Waals surface area contributed by atoms with Crippen molar-refractivity contribution in [2.75, 3.05) is 7.05 Å². The number of hydrogen-bond acceptors (Lipinski definition) is 5. The highest BCUT2D eigenvalue weighted by Gasteiger charge is 2.18. The largest absolute Gasteiger partial charge is 0.387 e. The second-order valence-corrected chi connectivity index (χ2v) is 5.49. The maximum Gasteiger partial charge on any atom is 0.134 e. The van der Waals surface area contributed by atoms with Crippen LogP contribution in [-0.4, -0.2) is 27.1 Å². The van der Waals surface area contributed by atoms with Crippen LogP contribution in [0.2, 0.25) is 5.02 Å². The lowest BCUT2D eigenvalue weighted by atomic mass is 10.1. The molecule has 23 heavy (non-hydrogen) atoms. The third kappa shape index (κ3) is 3.14. The Hall–Kier alpha value is -2.54. The molecule has 0 amide bonds. The lowest BCUT2D eigenvalue weighted by Gasteiger charge is -2.24. The fraction of sp³-hybridized carbons (Fsp3) is 0.200. The predicted molar refractivity (Wildman–Crippen MR) is 86.4 cm³/mol. The number of hydrazine groups is 1. The van der Waals surface area contributed by atoms with Crippen molar-refractivity contribution in [3.63, 3.8) is 0 Å². The van der Waals surface area contributed by atoms with Crippen molar-refractivity contribution in [2.24, 2.45) is 7.05 Å². The summed E-state index contributed by atoms with van der Waals surface area (Å²) in [5, 5.41) is 13.4. The number of benzene rings is 1. The lowest BCUT2D eigenvalue weighted by molar-refractivity contribution is 0.293. The van der Waals surface area contributed by atoms with Crippen LogP contribution in [0.15, 0.2) is 42.4 Å². The number of rotatable bonds is 4. The van der Waals surface area contributed by atoms with Gasteiger partial charge >= 0.3 is 0 Å². The lowest BCUT2D eigenvalue weighted by Crippen LogP contribution is -2.33. The molecule has 2 aromatic rings. The van der Waals surface area contributed by atoms with Gasteiger partial charge in [-0.15, -0.1) is 5.10 Å². The summed E-state index contributed by atoms with van der Waals surface area (Å²) in [5.41, 5.74) is 5.75. The average molecular weight is 335 g/mol. The van der Waals surface area contributed by atoms with E-state index >= 15 is 0 Å². The second-order valence-electron chi connectivity index (χ2n) is 5.05. The molecule has 0 saturated carbocycles. The minimum Gasteiger partial charge on any atom is -0.387 e. The third-order valence-corrected chi connectivity index (χ3v) is 3.79. The Morgan fingerprint density at radius 2 is 2.22 bits per heavy atom. The monoisotopic (exact) mass is 334 g/mol. The van der Waals surface area contributed by atoms with Crippen molar-refractivity contribution < 1.29 is 4.39 Å². The molecule has 0 saturated heterocycles. The van der Waals surface area contributed by atoms with E-state index in [4.69, 9.17) is 11.6 Å². The first-order valence-electron chi connectivity index (χ1n) is 7.01. The molecule has 2 N–H and O–H groups in total. The van der Waals surface area contributed by atoms with E-state index in [1.807, 2.05) is 30.5 Å². The van der Waals surface area contributed by atoms with Gasteiger partial charge in [0.2, 0.25) is 0 Å². The first kappa shape index (κ1) is 15.4. The first-order chi connectivity index (χ1) is 11.1. The van der Waals surface area contributed by atoms with Gasteiger partial charge in [0.15, 0.2) is 0 Å². The smallest absolute Gasteiger partial charge is 0.134 e. The highest BCUT2D eigenvalue weighted by Crippen LogP contribution is 2.27. The molecule has 0 atom stereocenters. The molecule has 1 aliphatic heterocycles. The Morgan fingerprint density at radius 1 is 1.39 bits per heavy atom. The van der Waals surface area contributed by atoms with Crippen LogP contribution in [0.3, 0.4) is 0 Å².